The number of hydrogen-bond acceptors (Lipinski definition) is 8. The Kier molecular flexibility index (Phi) is 8.25. The summed E-state index contributed by atoms with van der Waals surface area (Å²) in [6.45, 7) is 3.02. The zero-order chi connectivity index (χ0) is 35.6. The largest absolute Gasteiger partial charge is 0.481 e. The van der Waals surface area contributed by atoms with E-state index in [1.54, 1.807) is 11.0 Å². The lowest BCUT2D eigenvalue weighted by molar-refractivity contribution is -0.137. The molecule has 15 heteroatoms. The Morgan fingerprint density at radius 2 is 1.84 bits per heavy atom. The molecule has 51 heavy (non-hydrogen) atoms. The lowest BCUT2D eigenvalue weighted by Gasteiger charge is -2.38. The number of carbonyl (C=O) groups is 2. The number of halogens is 4. The molecule has 2 fully saturated rings. The van der Waals surface area contributed by atoms with Gasteiger partial charge in [-0.3, -0.25) is 14.2 Å². The van der Waals surface area contributed by atoms with Crippen LogP contribution in [0.4, 0.5) is 23.4 Å². The molecule has 4 aliphatic heterocycles. The van der Waals surface area contributed by atoms with E-state index in [-0.39, 0.29) is 78.6 Å². The number of amides is 1. The van der Waals surface area contributed by atoms with Crippen LogP contribution in [0.3, 0.4) is 0 Å². The van der Waals surface area contributed by atoms with Crippen LogP contribution in [0, 0.1) is 17.6 Å². The summed E-state index contributed by atoms with van der Waals surface area (Å²) >= 11 is 0. The molecular formula is C36H36F4N6O5. The van der Waals surface area contributed by atoms with Crippen molar-refractivity contribution in [1.82, 2.24) is 24.4 Å². The van der Waals surface area contributed by atoms with Crippen LogP contribution in [0.2, 0.25) is 0 Å². The summed E-state index contributed by atoms with van der Waals surface area (Å²) in [5.74, 6) is -6.52. The number of aliphatic carboxylic acids is 1. The quantitative estimate of drug-likeness (QED) is 0.194. The van der Waals surface area contributed by atoms with E-state index < -0.39 is 47.9 Å². The van der Waals surface area contributed by atoms with Crippen molar-refractivity contribution in [3.8, 4) is 6.01 Å². The van der Waals surface area contributed by atoms with E-state index in [4.69, 9.17) is 9.15 Å². The van der Waals surface area contributed by atoms with Gasteiger partial charge in [0.15, 0.2) is 11.4 Å². The molecule has 7 heterocycles. The van der Waals surface area contributed by atoms with Gasteiger partial charge in [0.25, 0.3) is 6.01 Å². The third-order valence-corrected chi connectivity index (χ3v) is 10.5. The van der Waals surface area contributed by atoms with Gasteiger partial charge in [0.05, 0.1) is 24.0 Å². The number of imidazole rings is 1. The molecule has 0 spiro atoms. The highest BCUT2D eigenvalue weighted by Gasteiger charge is 2.42. The van der Waals surface area contributed by atoms with E-state index >= 15 is 8.78 Å². The number of carbonyl (C=O) groups excluding carboxylic acids is 1. The molecule has 4 atom stereocenters. The molecule has 0 unspecified atom stereocenters. The van der Waals surface area contributed by atoms with Gasteiger partial charge in [-0.2, -0.15) is 13.8 Å². The van der Waals surface area contributed by atoms with Crippen LogP contribution < -0.4 is 9.64 Å². The maximum atomic E-state index is 16.0. The average Bonchev–Trinajstić information content (AvgIpc) is 3.75. The first-order valence-electron chi connectivity index (χ1n) is 17.3. The summed E-state index contributed by atoms with van der Waals surface area (Å²) in [5.41, 5.74) is 1.19. The molecular weight excluding hydrogens is 672 g/mol. The number of piperidine rings is 1. The van der Waals surface area contributed by atoms with Crippen molar-refractivity contribution < 1.29 is 41.4 Å². The lowest BCUT2D eigenvalue weighted by atomic mass is 9.93. The maximum Gasteiger partial charge on any atom is 0.306 e. The number of alkyl halides is 2. The maximum absolute atomic E-state index is 16.0. The predicted octanol–water partition coefficient (Wildman–Crippen LogP) is 6.97. The number of furan rings is 1. The van der Waals surface area contributed by atoms with Crippen molar-refractivity contribution in [3.05, 3.63) is 53.9 Å². The van der Waals surface area contributed by atoms with Crippen LogP contribution in [-0.2, 0) is 15.5 Å². The van der Waals surface area contributed by atoms with E-state index in [0.29, 0.717) is 48.8 Å². The molecule has 2 aromatic carbocycles. The molecule has 0 saturated carbocycles. The van der Waals surface area contributed by atoms with E-state index in [2.05, 4.69) is 15.0 Å². The molecule has 5 aromatic rings. The SMILES string of the molecule is C[C@H]1CN2CC[C@@H]1n1c(nc3cc(F)ccc31)O[C@H]1C[C@@H](CC(=O)O)N(C1)c1nc(nc3c1oc1cc(F)ccc13)C(F)(F)CCCCCC2=O. The number of fused-ring (bicyclic) bond motifs is 12. The van der Waals surface area contributed by atoms with Gasteiger partial charge in [-0.15, -0.1) is 0 Å². The Bertz CT molecular complexity index is 2170. The third-order valence-electron chi connectivity index (χ3n) is 10.5. The third kappa shape index (κ3) is 6.09. The summed E-state index contributed by atoms with van der Waals surface area (Å²) in [6.07, 6.45) is 0.313. The number of benzene rings is 2. The average molecular weight is 709 g/mol. The van der Waals surface area contributed by atoms with Crippen molar-refractivity contribution in [2.45, 2.75) is 82.4 Å². The first kappa shape index (κ1) is 33.2. The standard InChI is InChI=1S/C36H36F4N6O5/c1-19-17-44-12-10-26(19)46-27-9-7-20(37)13-25(27)41-35(46)50-23-15-22(16-30(48)49)45(18-23)33-32-31(24-8-6-21(38)14-28(24)51-32)42-34(43-33)36(39,40)11-4-2-3-5-29(44)47/h6-9,13-14,19,22-23,26H,2-5,10-12,15-18H2,1H3,(H,48,49)/t19-,22-,23-,26-/m0/s1. The number of aromatic nitrogens is 4. The molecule has 0 radical (unpaired) electrons. The lowest BCUT2D eigenvalue weighted by Crippen LogP contribution is -2.43. The Morgan fingerprint density at radius 1 is 1.04 bits per heavy atom. The minimum atomic E-state index is -3.48. The molecule has 4 aliphatic rings. The van der Waals surface area contributed by atoms with Crippen LogP contribution in [-0.4, -0.2) is 73.2 Å². The first-order valence-corrected chi connectivity index (χ1v) is 17.3. The number of hydrogen-bond donors (Lipinski definition) is 1. The number of nitrogens with zero attached hydrogens (tertiary/aromatic N) is 6. The van der Waals surface area contributed by atoms with E-state index in [1.807, 2.05) is 16.4 Å². The van der Waals surface area contributed by atoms with Crippen LogP contribution in [0.1, 0.15) is 70.2 Å². The van der Waals surface area contributed by atoms with Gasteiger partial charge in [0.1, 0.15) is 28.8 Å². The molecule has 268 valence electrons. The van der Waals surface area contributed by atoms with Crippen molar-refractivity contribution >= 4 is 50.8 Å². The number of carboxylic acid groups (broad SMARTS) is 1. The predicted molar refractivity (Wildman–Crippen MR) is 178 cm³/mol. The molecule has 2 saturated heterocycles. The van der Waals surface area contributed by atoms with Crippen molar-refractivity contribution in [2.75, 3.05) is 24.5 Å². The molecule has 1 N–H and O–H groups in total. The van der Waals surface area contributed by atoms with Gasteiger partial charge in [-0.25, -0.2) is 18.7 Å². The molecule has 11 nitrogen and oxygen atoms in total. The molecule has 1 amide bonds. The van der Waals surface area contributed by atoms with Crippen molar-refractivity contribution in [2.24, 2.45) is 5.92 Å². The zero-order valence-electron chi connectivity index (χ0n) is 27.8. The molecule has 3 aromatic heterocycles. The Balaban J connectivity index is 1.27. The number of carboxylic acids is 1. The number of anilines is 1. The van der Waals surface area contributed by atoms with E-state index in [9.17, 15) is 23.5 Å². The summed E-state index contributed by atoms with van der Waals surface area (Å²) < 4.78 is 75.1. The smallest absolute Gasteiger partial charge is 0.306 e. The fourth-order valence-corrected chi connectivity index (χ4v) is 7.99. The van der Waals surface area contributed by atoms with Gasteiger partial charge in [0.2, 0.25) is 11.7 Å². The summed E-state index contributed by atoms with van der Waals surface area (Å²) in [5, 5.41) is 10.2. The topological polar surface area (TPSA) is 127 Å². The second-order valence-electron chi connectivity index (χ2n) is 14.0. The highest BCUT2D eigenvalue weighted by atomic mass is 19.3. The van der Waals surface area contributed by atoms with Gasteiger partial charge in [-0.05, 0) is 49.4 Å². The van der Waals surface area contributed by atoms with Gasteiger partial charge in [-0.1, -0.05) is 13.3 Å². The molecule has 0 aliphatic carbocycles. The van der Waals surface area contributed by atoms with E-state index in [0.717, 1.165) is 6.07 Å². The molecule has 6 bridgehead atoms. The second kappa shape index (κ2) is 12.7. The number of ether oxygens (including phenoxy) is 1. The summed E-state index contributed by atoms with van der Waals surface area (Å²) in [4.78, 5) is 42.0. The van der Waals surface area contributed by atoms with Crippen molar-refractivity contribution in [3.63, 3.8) is 0 Å². The monoisotopic (exact) mass is 708 g/mol. The fourth-order valence-electron chi connectivity index (χ4n) is 7.99. The van der Waals surface area contributed by atoms with Crippen LogP contribution in [0.15, 0.2) is 40.8 Å². The first-order chi connectivity index (χ1) is 24.4. The highest BCUT2D eigenvalue weighted by Crippen LogP contribution is 2.42. The Morgan fingerprint density at radius 3 is 2.65 bits per heavy atom. The summed E-state index contributed by atoms with van der Waals surface area (Å²) in [6, 6.07) is 7.35. The summed E-state index contributed by atoms with van der Waals surface area (Å²) in [7, 11) is 0. The van der Waals surface area contributed by atoms with Crippen LogP contribution in [0.25, 0.3) is 33.1 Å². The van der Waals surface area contributed by atoms with Gasteiger partial charge < -0.3 is 24.1 Å². The Hall–Kier alpha value is -4.95. The minimum Gasteiger partial charge on any atom is -0.481 e. The van der Waals surface area contributed by atoms with Crippen LogP contribution in [0.5, 0.6) is 6.01 Å². The van der Waals surface area contributed by atoms with Crippen molar-refractivity contribution in [1.29, 1.82) is 0 Å². The van der Waals surface area contributed by atoms with Gasteiger partial charge >= 0.3 is 11.9 Å². The van der Waals surface area contributed by atoms with Gasteiger partial charge in [0, 0.05) is 62.0 Å². The Labute approximate surface area is 289 Å². The zero-order valence-corrected chi connectivity index (χ0v) is 27.8. The van der Waals surface area contributed by atoms with Crippen LogP contribution >= 0.6 is 0 Å². The normalized spacial score (nSPS) is 24.3. The number of rotatable bonds is 2. The molecule has 9 rings (SSSR count). The minimum absolute atomic E-state index is 0.0233. The fraction of sp³-hybridized carbons (Fsp3) is 0.472. The highest BCUT2D eigenvalue weighted by molar-refractivity contribution is 6.06. The second-order valence-corrected chi connectivity index (χ2v) is 14.0. The van der Waals surface area contributed by atoms with E-state index in [1.165, 1.54) is 24.3 Å².